The Labute approximate surface area is 211 Å². The molecule has 36 heavy (non-hydrogen) atoms. The number of urea groups is 1. The van der Waals surface area contributed by atoms with Gasteiger partial charge in [-0.2, -0.15) is 0 Å². The lowest BCUT2D eigenvalue weighted by molar-refractivity contribution is 0.256. The van der Waals surface area contributed by atoms with E-state index in [-0.39, 0.29) is 9.77 Å². The van der Waals surface area contributed by atoms with E-state index in [0.29, 0.717) is 16.8 Å². The summed E-state index contributed by atoms with van der Waals surface area (Å²) < 4.78 is 28.3. The number of amides is 2. The van der Waals surface area contributed by atoms with Crippen LogP contribution in [0.4, 0.5) is 10.5 Å². The van der Waals surface area contributed by atoms with Crippen molar-refractivity contribution in [1.29, 1.82) is 0 Å². The average molecular weight is 522 g/mol. The van der Waals surface area contributed by atoms with E-state index in [0.717, 1.165) is 46.1 Å². The zero-order chi connectivity index (χ0) is 25.4. The molecular weight excluding hydrogens is 498 g/mol. The average Bonchev–Trinajstić information content (AvgIpc) is 3.48. The van der Waals surface area contributed by atoms with Crippen LogP contribution >= 0.6 is 11.3 Å². The molecule has 0 spiro atoms. The number of pyridine rings is 1. The monoisotopic (exact) mass is 521 g/mol. The third kappa shape index (κ3) is 4.62. The van der Waals surface area contributed by atoms with Crippen LogP contribution in [0.15, 0.2) is 80.9 Å². The highest BCUT2D eigenvalue weighted by Crippen LogP contribution is 2.21. The summed E-state index contributed by atoms with van der Waals surface area (Å²) in [7, 11) is -1.95. The maximum atomic E-state index is 13.2. The zero-order valence-corrected chi connectivity index (χ0v) is 21.2. The summed E-state index contributed by atoms with van der Waals surface area (Å²) in [4.78, 5) is 32.9. The number of anilines is 1. The molecule has 0 fully saturated rings. The maximum Gasteiger partial charge on any atom is 0.333 e. The molecule has 3 heterocycles. The molecule has 2 N–H and O–H groups in total. The summed E-state index contributed by atoms with van der Waals surface area (Å²) in [6, 6.07) is 16.4. The van der Waals surface area contributed by atoms with E-state index in [1.807, 2.05) is 36.0 Å². The van der Waals surface area contributed by atoms with Crippen molar-refractivity contribution in [3.63, 3.8) is 0 Å². The molecule has 4 aromatic rings. The number of aryl methyl sites for hydroxylation is 1. The zero-order valence-electron chi connectivity index (χ0n) is 19.6. The van der Waals surface area contributed by atoms with Crippen LogP contribution in [-0.4, -0.2) is 49.9 Å². The first kappa shape index (κ1) is 23.8. The van der Waals surface area contributed by atoms with Gasteiger partial charge in [-0.1, -0.05) is 6.07 Å². The van der Waals surface area contributed by atoms with Crippen molar-refractivity contribution >= 4 is 49.7 Å². The van der Waals surface area contributed by atoms with E-state index in [1.54, 1.807) is 43.5 Å². The van der Waals surface area contributed by atoms with Crippen molar-refractivity contribution in [3.05, 3.63) is 87.7 Å². The minimum absolute atomic E-state index is 0.0662. The highest BCUT2D eigenvalue weighted by molar-refractivity contribution is 7.92. The Kier molecular flexibility index (Phi) is 6.10. The summed E-state index contributed by atoms with van der Waals surface area (Å²) >= 11 is 1.08. The number of fused-ring (bicyclic) bond motifs is 1. The van der Waals surface area contributed by atoms with Gasteiger partial charge in [0.1, 0.15) is 10.0 Å². The molecule has 2 aromatic heterocycles. The van der Waals surface area contributed by atoms with E-state index in [2.05, 4.69) is 15.2 Å². The van der Waals surface area contributed by atoms with Crippen molar-refractivity contribution in [2.75, 3.05) is 25.5 Å². The SMILES string of the molecule is Cc1ccc(S(=O)(=O)NC(=O)Nc2ccc(-n3ccc4cc(C5=NCCN5C)ccc4c3=O)cc2)s1. The van der Waals surface area contributed by atoms with Gasteiger partial charge >= 0.3 is 6.03 Å². The standard InChI is InChI=1S/C25H23N5O4S2/c1-16-3-10-22(35-16)36(33,34)28-25(32)27-19-5-7-20(8-6-19)30-13-11-17-15-18(4-9-21(17)24(30)31)23-26-12-14-29(23)2/h3-11,13,15H,12,14H2,1-2H3,(H2,27,28,32). The normalized spacial score (nSPS) is 13.6. The number of carbonyl (C=O) groups excluding carboxylic acids is 1. The third-order valence-corrected chi connectivity index (χ3v) is 8.66. The van der Waals surface area contributed by atoms with Crippen molar-refractivity contribution < 1.29 is 13.2 Å². The van der Waals surface area contributed by atoms with Gasteiger partial charge in [0, 0.05) is 47.0 Å². The van der Waals surface area contributed by atoms with E-state index >= 15 is 0 Å². The lowest BCUT2D eigenvalue weighted by Gasteiger charge is -2.14. The van der Waals surface area contributed by atoms with Crippen LogP contribution in [0.25, 0.3) is 16.5 Å². The second-order valence-electron chi connectivity index (χ2n) is 8.39. The highest BCUT2D eigenvalue weighted by atomic mass is 32.2. The lowest BCUT2D eigenvalue weighted by atomic mass is 10.1. The summed E-state index contributed by atoms with van der Waals surface area (Å²) in [5.74, 6) is 0.923. The Morgan fingerprint density at radius 1 is 1.06 bits per heavy atom. The van der Waals surface area contributed by atoms with Crippen LogP contribution in [0.1, 0.15) is 10.4 Å². The van der Waals surface area contributed by atoms with Gasteiger partial charge in [0.2, 0.25) is 0 Å². The predicted octanol–water partition coefficient (Wildman–Crippen LogP) is 3.56. The molecule has 1 aliphatic heterocycles. The molecule has 0 aliphatic carbocycles. The quantitative estimate of drug-likeness (QED) is 0.417. The summed E-state index contributed by atoms with van der Waals surface area (Å²) in [5.41, 5.74) is 1.80. The van der Waals surface area contributed by atoms with Crippen LogP contribution in [-0.2, 0) is 10.0 Å². The summed E-state index contributed by atoms with van der Waals surface area (Å²) in [6.45, 7) is 3.43. The number of thiophene rings is 1. The highest BCUT2D eigenvalue weighted by Gasteiger charge is 2.19. The number of amidine groups is 1. The third-order valence-electron chi connectivity index (χ3n) is 5.83. The molecule has 5 rings (SSSR count). The van der Waals surface area contributed by atoms with E-state index in [4.69, 9.17) is 0 Å². The molecule has 9 nitrogen and oxygen atoms in total. The van der Waals surface area contributed by atoms with Gasteiger partial charge in [-0.25, -0.2) is 17.9 Å². The Bertz CT molecular complexity index is 1670. The number of hydrogen-bond donors (Lipinski definition) is 2. The molecule has 184 valence electrons. The first-order valence-corrected chi connectivity index (χ1v) is 13.4. The Morgan fingerprint density at radius 2 is 1.83 bits per heavy atom. The van der Waals surface area contributed by atoms with Gasteiger partial charge in [-0.15, -0.1) is 11.3 Å². The van der Waals surface area contributed by atoms with E-state index in [1.165, 1.54) is 10.6 Å². The molecule has 0 bridgehead atoms. The van der Waals surface area contributed by atoms with E-state index < -0.39 is 16.1 Å². The molecule has 0 atom stereocenters. The Balaban J connectivity index is 1.33. The fraction of sp³-hybridized carbons (Fsp3) is 0.160. The molecule has 11 heteroatoms. The number of likely N-dealkylation sites (N-methyl/N-ethyl adjacent to an activating group) is 1. The van der Waals surface area contributed by atoms with Crippen molar-refractivity contribution in [2.45, 2.75) is 11.1 Å². The molecule has 0 radical (unpaired) electrons. The largest absolute Gasteiger partial charge is 0.358 e. The van der Waals surface area contributed by atoms with Crippen molar-refractivity contribution in [3.8, 4) is 5.69 Å². The van der Waals surface area contributed by atoms with Gasteiger partial charge in [0.25, 0.3) is 15.6 Å². The predicted molar refractivity (Wildman–Crippen MR) is 142 cm³/mol. The van der Waals surface area contributed by atoms with Crippen LogP contribution in [0.3, 0.4) is 0 Å². The first-order valence-electron chi connectivity index (χ1n) is 11.1. The van der Waals surface area contributed by atoms with E-state index in [9.17, 15) is 18.0 Å². The molecule has 0 saturated carbocycles. The molecule has 0 unspecified atom stereocenters. The Hall–Kier alpha value is -3.96. The Morgan fingerprint density at radius 3 is 2.50 bits per heavy atom. The van der Waals surface area contributed by atoms with Crippen molar-refractivity contribution in [2.24, 2.45) is 4.99 Å². The smallest absolute Gasteiger partial charge is 0.333 e. The van der Waals surface area contributed by atoms with Crippen LogP contribution in [0.5, 0.6) is 0 Å². The number of aromatic nitrogens is 1. The maximum absolute atomic E-state index is 13.2. The minimum atomic E-state index is -3.95. The van der Waals surface area contributed by atoms with Crippen LogP contribution in [0, 0.1) is 6.92 Å². The second-order valence-corrected chi connectivity index (χ2v) is 11.6. The van der Waals surface area contributed by atoms with Gasteiger partial charge in [-0.05, 0) is 66.9 Å². The van der Waals surface area contributed by atoms with Gasteiger partial charge in [0.05, 0.1) is 6.54 Å². The van der Waals surface area contributed by atoms with Crippen molar-refractivity contribution in [1.82, 2.24) is 14.2 Å². The number of aliphatic imine (C=N–C) groups is 1. The first-order chi connectivity index (χ1) is 17.2. The van der Waals surface area contributed by atoms with Gasteiger partial charge in [-0.3, -0.25) is 14.4 Å². The van der Waals surface area contributed by atoms with Crippen LogP contribution < -0.4 is 15.6 Å². The number of hydrogen-bond acceptors (Lipinski definition) is 7. The number of nitrogens with zero attached hydrogens (tertiary/aromatic N) is 3. The number of carbonyl (C=O) groups is 1. The number of rotatable bonds is 5. The topological polar surface area (TPSA) is 113 Å². The lowest BCUT2D eigenvalue weighted by Crippen LogP contribution is -2.33. The van der Waals surface area contributed by atoms with Crippen LogP contribution in [0.2, 0.25) is 0 Å². The molecule has 1 aliphatic rings. The second kappa shape index (κ2) is 9.25. The fourth-order valence-corrected chi connectivity index (χ4v) is 6.22. The fourth-order valence-electron chi connectivity index (χ4n) is 4.03. The molecular formula is C25H23N5O4S2. The number of nitrogens with one attached hydrogen (secondary N) is 2. The summed E-state index contributed by atoms with van der Waals surface area (Å²) in [5, 5.41) is 3.92. The number of benzene rings is 2. The number of sulfonamides is 1. The van der Waals surface area contributed by atoms with Gasteiger partial charge in [0.15, 0.2) is 0 Å². The summed E-state index contributed by atoms with van der Waals surface area (Å²) in [6.07, 6.45) is 1.71. The minimum Gasteiger partial charge on any atom is -0.358 e. The van der Waals surface area contributed by atoms with Gasteiger partial charge < -0.3 is 10.2 Å². The molecule has 2 aromatic carbocycles. The molecule has 2 amide bonds. The molecule has 0 saturated heterocycles.